The molecular weight excluding hydrogens is 124 g/mol. The van der Waals surface area contributed by atoms with E-state index in [1.807, 2.05) is 18.2 Å². The minimum atomic E-state index is 0.554. The monoisotopic (exact) mass is 136 g/mol. The van der Waals surface area contributed by atoms with E-state index >= 15 is 0 Å². The number of nitrogens with one attached hydrogen (secondary N) is 1. The first-order chi connectivity index (χ1) is 4.77. The molecule has 0 aromatic heterocycles. The van der Waals surface area contributed by atoms with Crippen molar-refractivity contribution in [3.8, 4) is 0 Å². The molecule has 10 heavy (non-hydrogen) atoms. The summed E-state index contributed by atoms with van der Waals surface area (Å²) in [5, 5.41) is 7.02. The first kappa shape index (κ1) is 8.82. The Bertz CT molecular complexity index is 176. The van der Waals surface area contributed by atoms with Crippen LogP contribution in [0.4, 0.5) is 0 Å². The molecule has 54 valence electrons. The fourth-order valence-electron chi connectivity index (χ4n) is 0.400. The Hall–Kier alpha value is -1.18. The Morgan fingerprint density at radius 2 is 2.00 bits per heavy atom. The summed E-state index contributed by atoms with van der Waals surface area (Å²) in [6, 6.07) is 0. The Labute approximate surface area is 61.5 Å². The van der Waals surface area contributed by atoms with Gasteiger partial charge in [-0.05, 0) is 19.1 Å². The van der Waals surface area contributed by atoms with E-state index in [2.05, 4.69) is 4.99 Å². The van der Waals surface area contributed by atoms with Gasteiger partial charge in [0.05, 0.1) is 0 Å². The molecule has 0 radical (unpaired) electrons. The van der Waals surface area contributed by atoms with Crippen molar-refractivity contribution >= 4 is 11.9 Å². The van der Waals surface area contributed by atoms with Crippen molar-refractivity contribution in [1.29, 1.82) is 5.41 Å². The van der Waals surface area contributed by atoms with Crippen molar-refractivity contribution in [2.45, 2.75) is 6.92 Å². The molecule has 0 aliphatic rings. The average molecular weight is 136 g/mol. The van der Waals surface area contributed by atoms with Crippen LogP contribution in [-0.4, -0.2) is 19.0 Å². The maximum atomic E-state index is 7.02. The number of hydrogen-bond acceptors (Lipinski definition) is 2. The SMILES string of the molecule is CN=C/C=C\C=C\C(C)=N. The zero-order chi connectivity index (χ0) is 7.82. The Morgan fingerprint density at radius 3 is 2.50 bits per heavy atom. The molecule has 0 heterocycles. The highest BCUT2D eigenvalue weighted by atomic mass is 14.6. The minimum Gasteiger partial charge on any atom is -0.306 e. The van der Waals surface area contributed by atoms with Crippen LogP contribution in [0.5, 0.6) is 0 Å². The average Bonchev–Trinajstić information content (AvgIpc) is 1.87. The summed E-state index contributed by atoms with van der Waals surface area (Å²) in [7, 11) is 1.72. The quantitative estimate of drug-likeness (QED) is 0.454. The highest BCUT2D eigenvalue weighted by molar-refractivity contribution is 5.90. The predicted molar refractivity (Wildman–Crippen MR) is 46.1 cm³/mol. The van der Waals surface area contributed by atoms with E-state index in [0.717, 1.165) is 0 Å². The highest BCUT2D eigenvalue weighted by Crippen LogP contribution is 1.77. The maximum absolute atomic E-state index is 7.02. The van der Waals surface area contributed by atoms with Gasteiger partial charge in [-0.2, -0.15) is 0 Å². The van der Waals surface area contributed by atoms with Gasteiger partial charge >= 0.3 is 0 Å². The van der Waals surface area contributed by atoms with E-state index in [0.29, 0.717) is 5.71 Å². The summed E-state index contributed by atoms with van der Waals surface area (Å²) in [5.74, 6) is 0. The van der Waals surface area contributed by atoms with Crippen molar-refractivity contribution in [3.05, 3.63) is 24.3 Å². The predicted octanol–water partition coefficient (Wildman–Crippen LogP) is 1.84. The third kappa shape index (κ3) is 6.82. The standard InChI is InChI=1S/C8H12N2/c1-8(9)6-4-3-5-7-10-2/h3-7,9H,1-2H3/b5-3-,6-4+,9-8?,10-7?. The topological polar surface area (TPSA) is 36.2 Å². The molecule has 0 saturated carbocycles. The van der Waals surface area contributed by atoms with Gasteiger partial charge in [0.2, 0.25) is 0 Å². The van der Waals surface area contributed by atoms with Crippen LogP contribution in [0.3, 0.4) is 0 Å². The molecule has 0 fully saturated rings. The third-order valence-corrected chi connectivity index (χ3v) is 0.804. The molecule has 2 heteroatoms. The Kier molecular flexibility index (Phi) is 5.25. The number of nitrogens with zero attached hydrogens (tertiary/aromatic N) is 1. The number of hydrogen-bond donors (Lipinski definition) is 1. The van der Waals surface area contributed by atoms with Crippen LogP contribution in [0, 0.1) is 5.41 Å². The van der Waals surface area contributed by atoms with Crippen LogP contribution in [-0.2, 0) is 0 Å². The van der Waals surface area contributed by atoms with Crippen LogP contribution in [0.2, 0.25) is 0 Å². The van der Waals surface area contributed by atoms with Gasteiger partial charge in [-0.25, -0.2) is 0 Å². The second-order valence-corrected chi connectivity index (χ2v) is 1.83. The van der Waals surface area contributed by atoms with Crippen molar-refractivity contribution in [2.75, 3.05) is 7.05 Å². The van der Waals surface area contributed by atoms with Crippen LogP contribution in [0.15, 0.2) is 29.3 Å². The summed E-state index contributed by atoms with van der Waals surface area (Å²) in [5.41, 5.74) is 0.554. The normalized spacial score (nSPS) is 12.2. The zero-order valence-corrected chi connectivity index (χ0v) is 6.33. The smallest absolute Gasteiger partial charge is 0.0282 e. The van der Waals surface area contributed by atoms with Crippen molar-refractivity contribution in [1.82, 2.24) is 0 Å². The van der Waals surface area contributed by atoms with Crippen molar-refractivity contribution < 1.29 is 0 Å². The number of aliphatic imine (C=N–C) groups is 1. The molecule has 0 aromatic rings. The zero-order valence-electron chi connectivity index (χ0n) is 6.33. The molecule has 0 aromatic carbocycles. The third-order valence-electron chi connectivity index (χ3n) is 0.804. The lowest BCUT2D eigenvalue weighted by molar-refractivity contribution is 1.48. The van der Waals surface area contributed by atoms with Gasteiger partial charge in [0, 0.05) is 19.0 Å². The van der Waals surface area contributed by atoms with Crippen LogP contribution in [0.1, 0.15) is 6.92 Å². The molecule has 0 saturated heterocycles. The lowest BCUT2D eigenvalue weighted by Gasteiger charge is -1.77. The minimum absolute atomic E-state index is 0.554. The van der Waals surface area contributed by atoms with Crippen LogP contribution in [0.25, 0.3) is 0 Å². The van der Waals surface area contributed by atoms with Crippen LogP contribution < -0.4 is 0 Å². The van der Waals surface area contributed by atoms with E-state index in [1.165, 1.54) is 0 Å². The van der Waals surface area contributed by atoms with Gasteiger partial charge in [-0.15, -0.1) is 0 Å². The summed E-state index contributed by atoms with van der Waals surface area (Å²) in [4.78, 5) is 3.75. The molecule has 0 atom stereocenters. The molecule has 2 nitrogen and oxygen atoms in total. The molecule has 0 aliphatic carbocycles. The van der Waals surface area contributed by atoms with E-state index in [9.17, 15) is 0 Å². The Balaban J connectivity index is 3.62. The first-order valence-corrected chi connectivity index (χ1v) is 3.08. The number of allylic oxidation sites excluding steroid dienone is 4. The Morgan fingerprint density at radius 1 is 1.30 bits per heavy atom. The summed E-state index contributed by atoms with van der Waals surface area (Å²) >= 11 is 0. The summed E-state index contributed by atoms with van der Waals surface area (Å²) < 4.78 is 0. The molecule has 0 amide bonds. The van der Waals surface area contributed by atoms with Gasteiger partial charge in [0.1, 0.15) is 0 Å². The fourth-order valence-corrected chi connectivity index (χ4v) is 0.400. The van der Waals surface area contributed by atoms with Crippen molar-refractivity contribution in [2.24, 2.45) is 4.99 Å². The second kappa shape index (κ2) is 5.95. The molecule has 0 bridgehead atoms. The summed E-state index contributed by atoms with van der Waals surface area (Å²) in [6.45, 7) is 1.73. The van der Waals surface area contributed by atoms with Gasteiger partial charge in [0.15, 0.2) is 0 Å². The second-order valence-electron chi connectivity index (χ2n) is 1.83. The maximum Gasteiger partial charge on any atom is 0.0282 e. The lowest BCUT2D eigenvalue weighted by atomic mass is 10.3. The van der Waals surface area contributed by atoms with Gasteiger partial charge in [0.25, 0.3) is 0 Å². The van der Waals surface area contributed by atoms with E-state index in [-0.39, 0.29) is 0 Å². The fraction of sp³-hybridized carbons (Fsp3) is 0.250. The highest BCUT2D eigenvalue weighted by Gasteiger charge is 1.70. The molecular formula is C8H12N2. The molecule has 0 aliphatic heterocycles. The summed E-state index contributed by atoms with van der Waals surface area (Å²) in [6.07, 6.45) is 8.89. The van der Waals surface area contributed by atoms with E-state index in [4.69, 9.17) is 5.41 Å². The first-order valence-electron chi connectivity index (χ1n) is 3.08. The van der Waals surface area contributed by atoms with Gasteiger partial charge in [-0.3, -0.25) is 4.99 Å². The molecule has 1 N–H and O–H groups in total. The van der Waals surface area contributed by atoms with Gasteiger partial charge in [-0.1, -0.05) is 12.2 Å². The van der Waals surface area contributed by atoms with Crippen LogP contribution >= 0.6 is 0 Å². The van der Waals surface area contributed by atoms with E-state index < -0.39 is 0 Å². The molecule has 0 spiro atoms. The largest absolute Gasteiger partial charge is 0.306 e. The number of rotatable bonds is 3. The van der Waals surface area contributed by atoms with E-state index in [1.54, 1.807) is 26.3 Å². The van der Waals surface area contributed by atoms with Crippen molar-refractivity contribution in [3.63, 3.8) is 0 Å². The lowest BCUT2D eigenvalue weighted by Crippen LogP contribution is -1.75. The molecule has 0 unspecified atom stereocenters. The van der Waals surface area contributed by atoms with Gasteiger partial charge < -0.3 is 5.41 Å². The molecule has 0 rings (SSSR count).